The molecule has 1 aromatic carbocycles. The summed E-state index contributed by atoms with van der Waals surface area (Å²) in [5.74, 6) is -0.781. The maximum Gasteiger partial charge on any atom is 0.254 e. The molecule has 0 saturated carbocycles. The third-order valence-electron chi connectivity index (χ3n) is 3.49. The van der Waals surface area contributed by atoms with E-state index in [1.807, 2.05) is 13.8 Å². The van der Waals surface area contributed by atoms with Gasteiger partial charge in [0.25, 0.3) is 5.91 Å². The van der Waals surface area contributed by atoms with Crippen LogP contribution in [0.15, 0.2) is 18.2 Å². The number of benzene rings is 1. The first kappa shape index (κ1) is 15.9. The Balaban J connectivity index is 0.00000180. The molecule has 19 heavy (non-hydrogen) atoms. The van der Waals surface area contributed by atoms with Gasteiger partial charge in [0.05, 0.1) is 5.56 Å². The fourth-order valence-electron chi connectivity index (χ4n) is 2.26. The van der Waals surface area contributed by atoms with Crippen molar-refractivity contribution in [3.8, 4) is 0 Å². The van der Waals surface area contributed by atoms with Crippen molar-refractivity contribution < 1.29 is 9.18 Å². The summed E-state index contributed by atoms with van der Waals surface area (Å²) in [6.07, 6.45) is 1.73. The van der Waals surface area contributed by atoms with E-state index in [4.69, 9.17) is 0 Å². The van der Waals surface area contributed by atoms with Crippen LogP contribution < -0.4 is 10.6 Å². The number of carbonyl (C=O) groups excluding carboxylic acids is 1. The van der Waals surface area contributed by atoms with Crippen LogP contribution in [0.25, 0.3) is 0 Å². The van der Waals surface area contributed by atoms with E-state index in [1.165, 1.54) is 6.07 Å². The van der Waals surface area contributed by atoms with E-state index in [0.717, 1.165) is 31.5 Å². The van der Waals surface area contributed by atoms with Crippen LogP contribution in [-0.4, -0.2) is 24.5 Å². The Kier molecular flexibility index (Phi) is 5.32. The zero-order chi connectivity index (χ0) is 13.2. The number of nitrogens with one attached hydrogen (secondary N) is 2. The molecule has 0 unspecified atom stereocenters. The molecule has 0 radical (unpaired) electrons. The first-order chi connectivity index (χ1) is 8.50. The molecule has 1 heterocycles. The minimum atomic E-state index is -0.462. The van der Waals surface area contributed by atoms with Crippen LogP contribution in [-0.2, 0) is 0 Å². The molecule has 0 spiro atoms. The molecule has 1 aliphatic rings. The molecule has 2 rings (SSSR count). The van der Waals surface area contributed by atoms with Gasteiger partial charge in [0.15, 0.2) is 0 Å². The Morgan fingerprint density at radius 1 is 1.37 bits per heavy atom. The Bertz CT molecular complexity index is 459. The van der Waals surface area contributed by atoms with Crippen LogP contribution in [0.5, 0.6) is 0 Å². The Hall–Kier alpha value is -1.13. The van der Waals surface area contributed by atoms with Gasteiger partial charge in [-0.1, -0.05) is 11.6 Å². The average molecular weight is 287 g/mol. The van der Waals surface area contributed by atoms with Crippen molar-refractivity contribution in [2.24, 2.45) is 0 Å². The molecule has 1 aliphatic heterocycles. The van der Waals surface area contributed by atoms with Crippen molar-refractivity contribution in [1.29, 1.82) is 0 Å². The van der Waals surface area contributed by atoms with Crippen LogP contribution in [0, 0.1) is 12.7 Å². The number of halogens is 2. The second-order valence-corrected chi connectivity index (χ2v) is 5.25. The molecule has 0 bridgehead atoms. The highest BCUT2D eigenvalue weighted by atomic mass is 35.5. The Morgan fingerprint density at radius 3 is 2.63 bits per heavy atom. The summed E-state index contributed by atoms with van der Waals surface area (Å²) < 4.78 is 13.6. The monoisotopic (exact) mass is 286 g/mol. The zero-order valence-electron chi connectivity index (χ0n) is 11.3. The molecule has 0 aliphatic carbocycles. The number of rotatable bonds is 2. The van der Waals surface area contributed by atoms with E-state index in [1.54, 1.807) is 12.1 Å². The highest BCUT2D eigenvalue weighted by Crippen LogP contribution is 2.19. The molecule has 1 saturated heterocycles. The number of amides is 1. The lowest BCUT2D eigenvalue weighted by molar-refractivity contribution is 0.0883. The summed E-state index contributed by atoms with van der Waals surface area (Å²) in [5, 5.41) is 6.21. The topological polar surface area (TPSA) is 41.1 Å². The zero-order valence-corrected chi connectivity index (χ0v) is 12.1. The van der Waals surface area contributed by atoms with Crippen LogP contribution in [0.1, 0.15) is 35.7 Å². The molecule has 106 valence electrons. The largest absolute Gasteiger partial charge is 0.347 e. The van der Waals surface area contributed by atoms with Gasteiger partial charge in [0, 0.05) is 5.54 Å². The van der Waals surface area contributed by atoms with Crippen molar-refractivity contribution in [3.05, 3.63) is 35.1 Å². The number of carbonyl (C=O) groups is 1. The summed E-state index contributed by atoms with van der Waals surface area (Å²) in [7, 11) is 0. The smallest absolute Gasteiger partial charge is 0.254 e. The number of aryl methyl sites for hydroxylation is 1. The van der Waals surface area contributed by atoms with E-state index in [2.05, 4.69) is 10.6 Å². The summed E-state index contributed by atoms with van der Waals surface area (Å²) in [5.41, 5.74) is 0.783. The van der Waals surface area contributed by atoms with Crippen molar-refractivity contribution in [3.63, 3.8) is 0 Å². The minimum absolute atomic E-state index is 0. The number of hydrogen-bond acceptors (Lipinski definition) is 2. The van der Waals surface area contributed by atoms with E-state index in [0.29, 0.717) is 0 Å². The number of hydrogen-bond donors (Lipinski definition) is 2. The lowest BCUT2D eigenvalue weighted by Gasteiger charge is -2.35. The molecule has 1 amide bonds. The van der Waals surface area contributed by atoms with Gasteiger partial charge in [0.2, 0.25) is 0 Å². The second-order valence-electron chi connectivity index (χ2n) is 5.25. The molecule has 0 aromatic heterocycles. The van der Waals surface area contributed by atoms with E-state index in [9.17, 15) is 9.18 Å². The second kappa shape index (κ2) is 6.35. The predicted molar refractivity (Wildman–Crippen MR) is 76.4 cm³/mol. The maximum absolute atomic E-state index is 13.6. The molecular weight excluding hydrogens is 267 g/mol. The fraction of sp³-hybridized carbons (Fsp3) is 0.500. The van der Waals surface area contributed by atoms with Gasteiger partial charge in [-0.2, -0.15) is 0 Å². The van der Waals surface area contributed by atoms with Gasteiger partial charge in [-0.05, 0) is 51.9 Å². The molecule has 0 atom stereocenters. The van der Waals surface area contributed by atoms with Crippen LogP contribution in [0.4, 0.5) is 4.39 Å². The van der Waals surface area contributed by atoms with Crippen LogP contribution in [0.3, 0.4) is 0 Å². The van der Waals surface area contributed by atoms with Crippen LogP contribution >= 0.6 is 12.4 Å². The standard InChI is InChI=1S/C14H19FN2O.ClH/c1-10-3-4-12(15)11(9-10)13(18)17-14(2)5-7-16-8-6-14;/h3-4,9,16H,5-8H2,1-2H3,(H,17,18);1H. The predicted octanol–water partition coefficient (Wildman–Crippen LogP) is 2.43. The summed E-state index contributed by atoms with van der Waals surface area (Å²) >= 11 is 0. The van der Waals surface area contributed by atoms with Crippen LogP contribution in [0.2, 0.25) is 0 Å². The van der Waals surface area contributed by atoms with Crippen molar-refractivity contribution >= 4 is 18.3 Å². The van der Waals surface area contributed by atoms with E-state index >= 15 is 0 Å². The van der Waals surface area contributed by atoms with Gasteiger partial charge in [-0.3, -0.25) is 4.79 Å². The first-order valence-corrected chi connectivity index (χ1v) is 6.30. The van der Waals surface area contributed by atoms with E-state index < -0.39 is 5.82 Å². The number of piperidine rings is 1. The quantitative estimate of drug-likeness (QED) is 0.877. The van der Waals surface area contributed by atoms with Crippen molar-refractivity contribution in [1.82, 2.24) is 10.6 Å². The molecule has 1 aromatic rings. The van der Waals surface area contributed by atoms with E-state index in [-0.39, 0.29) is 29.4 Å². The van der Waals surface area contributed by atoms with Gasteiger partial charge in [0.1, 0.15) is 5.82 Å². The van der Waals surface area contributed by atoms with Gasteiger partial charge in [-0.25, -0.2) is 4.39 Å². The third kappa shape index (κ3) is 3.91. The molecule has 1 fully saturated rings. The highest BCUT2D eigenvalue weighted by Gasteiger charge is 2.29. The minimum Gasteiger partial charge on any atom is -0.347 e. The van der Waals surface area contributed by atoms with Gasteiger partial charge in [-0.15, -0.1) is 12.4 Å². The molecule has 3 nitrogen and oxygen atoms in total. The lowest BCUT2D eigenvalue weighted by atomic mass is 9.90. The summed E-state index contributed by atoms with van der Waals surface area (Å²) in [6.45, 7) is 5.63. The lowest BCUT2D eigenvalue weighted by Crippen LogP contribution is -2.52. The Labute approximate surface area is 119 Å². The van der Waals surface area contributed by atoms with Crippen molar-refractivity contribution in [2.45, 2.75) is 32.2 Å². The maximum atomic E-state index is 13.6. The first-order valence-electron chi connectivity index (χ1n) is 6.30. The molecule has 5 heteroatoms. The highest BCUT2D eigenvalue weighted by molar-refractivity contribution is 5.95. The summed E-state index contributed by atoms with van der Waals surface area (Å²) in [6, 6.07) is 4.60. The van der Waals surface area contributed by atoms with Gasteiger partial charge < -0.3 is 10.6 Å². The third-order valence-corrected chi connectivity index (χ3v) is 3.49. The molecular formula is C14H20ClFN2O. The van der Waals surface area contributed by atoms with Crippen molar-refractivity contribution in [2.75, 3.05) is 13.1 Å². The fourth-order valence-corrected chi connectivity index (χ4v) is 2.26. The molecule has 2 N–H and O–H groups in total. The van der Waals surface area contributed by atoms with Gasteiger partial charge >= 0.3 is 0 Å². The summed E-state index contributed by atoms with van der Waals surface area (Å²) in [4.78, 5) is 12.1. The SMILES string of the molecule is Cc1ccc(F)c(C(=O)NC2(C)CCNCC2)c1.Cl. The average Bonchev–Trinajstić information content (AvgIpc) is 2.32. The normalized spacial score (nSPS) is 17.4. The Morgan fingerprint density at radius 2 is 2.00 bits per heavy atom.